The van der Waals surface area contributed by atoms with Gasteiger partial charge in [-0.15, -0.1) is 0 Å². The summed E-state index contributed by atoms with van der Waals surface area (Å²) in [6, 6.07) is -6.39. The van der Waals surface area contributed by atoms with Gasteiger partial charge in [0.1, 0.15) is 66.0 Å². The Morgan fingerprint density at radius 3 is 1.62 bits per heavy atom. The molecular weight excluding hydrogens is 1170 g/mol. The van der Waals surface area contributed by atoms with E-state index in [1.807, 2.05) is 6.07 Å². The molecule has 28 nitrogen and oxygen atoms in total. The smallest absolute Gasteiger partial charge is 0.329 e. The first-order valence-corrected chi connectivity index (χ1v) is 30.1. The van der Waals surface area contributed by atoms with Crippen molar-refractivity contribution in [3.63, 3.8) is 0 Å². The lowest BCUT2D eigenvalue weighted by Crippen LogP contribution is -2.63. The number of halogens is 2. The van der Waals surface area contributed by atoms with Gasteiger partial charge in [-0.2, -0.15) is 5.26 Å². The lowest BCUT2D eigenvalue weighted by atomic mass is 9.94. The Hall–Kier alpha value is -7.91. The monoisotopic (exact) mass is 1260 g/mol. The van der Waals surface area contributed by atoms with E-state index < -0.39 is 212 Å². The molecule has 3 rings (SSSR count). The number of rotatable bonds is 32. The second-order valence-corrected chi connectivity index (χ2v) is 23.2. The zero-order valence-electron chi connectivity index (χ0n) is 52.4. The van der Waals surface area contributed by atoms with E-state index in [2.05, 4.69) is 58.5 Å². The molecular formula is C59H91F2N13O15. The molecule has 1 heterocycles. The maximum atomic E-state index is 14.4. The number of esters is 1. The van der Waals surface area contributed by atoms with E-state index in [-0.39, 0.29) is 25.7 Å². The molecule has 1 spiro atoms. The average Bonchev–Trinajstić information content (AvgIpc) is 1.78. The molecule has 30 heteroatoms. The highest BCUT2D eigenvalue weighted by Crippen LogP contribution is 2.48. The summed E-state index contributed by atoms with van der Waals surface area (Å²) in [6.07, 6.45) is -4.93. The number of carbonyl (C=O) groups is 12. The largest absolute Gasteiger partial charge is 0.458 e. The van der Waals surface area contributed by atoms with Crippen LogP contribution in [0.15, 0.2) is 24.3 Å². The summed E-state index contributed by atoms with van der Waals surface area (Å²) in [6.45, 7) is 13.6. The fraction of sp³-hybridized carbons (Fsp3) is 0.678. The molecule has 0 bridgehead atoms. The number of alkyl halides is 2. The van der Waals surface area contributed by atoms with Gasteiger partial charge in [0.25, 0.3) is 0 Å². The van der Waals surface area contributed by atoms with E-state index in [0.29, 0.717) is 18.4 Å². The number of amides is 11. The number of benzene rings is 1. The highest BCUT2D eigenvalue weighted by molar-refractivity contribution is 6.01. The highest BCUT2D eigenvalue weighted by atomic mass is 19.3. The third kappa shape index (κ3) is 21.4. The molecule has 2 fully saturated rings. The van der Waals surface area contributed by atoms with Crippen LogP contribution >= 0.6 is 0 Å². The van der Waals surface area contributed by atoms with E-state index in [4.69, 9.17) is 10.5 Å². The molecule has 0 radical (unpaired) electrons. The molecule has 496 valence electrons. The normalized spacial score (nSPS) is 23.2. The van der Waals surface area contributed by atoms with Gasteiger partial charge in [0, 0.05) is 12.8 Å². The van der Waals surface area contributed by atoms with E-state index in [9.17, 15) is 81.8 Å². The molecule has 11 amide bonds. The molecule has 89 heavy (non-hydrogen) atoms. The Bertz CT molecular complexity index is 2720. The first-order chi connectivity index (χ1) is 41.9. The molecule has 1 aromatic carbocycles. The van der Waals surface area contributed by atoms with Crippen molar-refractivity contribution in [3.05, 3.63) is 35.4 Å². The zero-order chi connectivity index (χ0) is 67.2. The predicted octanol–water partition coefficient (Wildman–Crippen LogP) is -2.02. The van der Waals surface area contributed by atoms with Gasteiger partial charge in [0.15, 0.2) is 0 Å². The summed E-state index contributed by atoms with van der Waals surface area (Å²) < 4.78 is 32.8. The maximum absolute atomic E-state index is 14.4. The molecule has 2 aliphatic rings. The average molecular weight is 1260 g/mol. The van der Waals surface area contributed by atoms with Crippen LogP contribution in [0.3, 0.4) is 0 Å². The quantitative estimate of drug-likeness (QED) is 0.0346. The number of aliphatic hydroxyl groups is 2. The first-order valence-electron chi connectivity index (χ1n) is 30.1. The van der Waals surface area contributed by atoms with Crippen LogP contribution < -0.4 is 64.2 Å². The molecule has 0 aromatic heterocycles. The van der Waals surface area contributed by atoms with Crippen LogP contribution in [0.1, 0.15) is 132 Å². The number of nitrogens with one attached hydrogen (secondary N) is 11. The van der Waals surface area contributed by atoms with Crippen LogP contribution in [0.25, 0.3) is 0 Å². The molecule has 1 aliphatic heterocycles. The number of nitriles is 1. The minimum atomic E-state index is -2.84. The first kappa shape index (κ1) is 75.3. The fourth-order valence-corrected chi connectivity index (χ4v) is 9.80. The molecule has 15 N–H and O–H groups in total. The summed E-state index contributed by atoms with van der Waals surface area (Å²) >= 11 is 0. The number of aliphatic hydroxyl groups excluding tert-OH is 2. The number of primary amides is 1. The Balaban J connectivity index is 1.85. The van der Waals surface area contributed by atoms with Crippen LogP contribution in [0.2, 0.25) is 0 Å². The van der Waals surface area contributed by atoms with Gasteiger partial charge in [0.05, 0.1) is 30.9 Å². The van der Waals surface area contributed by atoms with Gasteiger partial charge in [-0.1, -0.05) is 93.2 Å². The van der Waals surface area contributed by atoms with Crippen LogP contribution in [0, 0.1) is 40.9 Å². The van der Waals surface area contributed by atoms with E-state index >= 15 is 0 Å². The van der Waals surface area contributed by atoms with Crippen molar-refractivity contribution in [2.45, 2.75) is 206 Å². The van der Waals surface area contributed by atoms with E-state index in [1.165, 1.54) is 13.8 Å². The summed E-state index contributed by atoms with van der Waals surface area (Å²) in [4.78, 5) is 165. The molecule has 1 saturated carbocycles. The molecule has 17 atom stereocenters. The van der Waals surface area contributed by atoms with Gasteiger partial charge in [-0.25, -0.2) is 13.6 Å². The van der Waals surface area contributed by atoms with Gasteiger partial charge < -0.3 is 79.2 Å². The molecule has 1 aromatic rings. The number of likely N-dealkylation sites (N-methyl/N-ethyl adjacent to an activating group) is 1. The number of hydrogen-bond donors (Lipinski definition) is 14. The Morgan fingerprint density at radius 2 is 1.16 bits per heavy atom. The molecule has 0 unspecified atom stereocenters. The Labute approximate surface area is 517 Å². The van der Waals surface area contributed by atoms with E-state index in [0.717, 1.165) is 5.56 Å². The van der Waals surface area contributed by atoms with Crippen molar-refractivity contribution < 1.29 is 81.3 Å². The number of hydrogen-bond acceptors (Lipinski definition) is 17. The van der Waals surface area contributed by atoms with Crippen molar-refractivity contribution in [1.29, 1.82) is 5.26 Å². The minimum Gasteiger partial charge on any atom is -0.458 e. The van der Waals surface area contributed by atoms with Crippen molar-refractivity contribution in [1.82, 2.24) is 58.5 Å². The lowest BCUT2D eigenvalue weighted by Gasteiger charge is -2.31. The topological polar surface area (TPSA) is 437 Å². The molecule has 1 saturated heterocycles. The van der Waals surface area contributed by atoms with Crippen LogP contribution in [0.5, 0.6) is 0 Å². The van der Waals surface area contributed by atoms with E-state index in [1.54, 1.807) is 86.7 Å². The number of nitrogens with two attached hydrogens (primary N) is 1. The third-order valence-corrected chi connectivity index (χ3v) is 16.7. The van der Waals surface area contributed by atoms with Crippen molar-refractivity contribution in [2.24, 2.45) is 35.3 Å². The standard InChI is InChI=1S/C59H91F2N13O15/c1-12-28(5)43(70-50(80)38(64-11)22-34-16-18-35(25-62)19-17-34)53(83)67-39(26-75)51(81)66-37(20-21-42(63)77)49(79)69-45(30(7)14-3)55(85)71-44(29(6)13-2)54(84)68-40(27-76)52(82)72-47-33(10)89-57(87)46(31(8)15-4)73-58(88)59(24-36(59)23-41(60)61)74-48(78)32(9)65-56(47)86/h16-19,28-33,36-41,43-47,64,75-76H,12-15,20-24,26-27H2,1-11H3,(H2,63,77)(H,65,86)(H,66,81)(H,67,83)(H,68,84)(H,69,79)(H,70,80)(H,71,85)(H,72,82)(H,73,88)(H,74,78)/t28-,29-,30-,31-,32-,33-,36+,37+,38+,39-,40-,43-,44-,45+,46-,47+,59+/m0/s1. The number of carbonyl (C=O) groups excluding carboxylic acids is 12. The summed E-state index contributed by atoms with van der Waals surface area (Å²) in [5.74, 6) is -15.2. The van der Waals surface area contributed by atoms with Gasteiger partial charge in [0.2, 0.25) is 71.4 Å². The summed E-state index contributed by atoms with van der Waals surface area (Å²) in [7, 11) is 1.55. The fourth-order valence-electron chi connectivity index (χ4n) is 9.80. The lowest BCUT2D eigenvalue weighted by molar-refractivity contribution is -0.157. The second-order valence-electron chi connectivity index (χ2n) is 23.2. The van der Waals surface area contributed by atoms with Gasteiger partial charge in [-0.05, 0) is 87.4 Å². The van der Waals surface area contributed by atoms with Crippen molar-refractivity contribution in [3.8, 4) is 6.07 Å². The summed E-state index contributed by atoms with van der Waals surface area (Å²) in [5.41, 5.74) is 4.74. The van der Waals surface area contributed by atoms with Gasteiger partial charge >= 0.3 is 5.97 Å². The Kier molecular flexibility index (Phi) is 29.9. The Morgan fingerprint density at radius 1 is 0.685 bits per heavy atom. The maximum Gasteiger partial charge on any atom is 0.329 e. The SMILES string of the molecule is CC[C@H](C)[C@H](NC(=O)[C@@H](Cc1ccc(C#N)cc1)NC)C(=O)N[C@@H](CO)C(=O)N[C@H](CCC(N)=O)C(=O)N[C@@H](C(=O)N[C@H](C(=O)N[C@@H](CO)C(=O)N[C@H]1C(=O)N[C@@H](C)C(=O)N[C@@]2(C[C@H]2CC(F)F)C(=O)N[C@@H]([C@@H](C)CC)C(=O)O[C@H]1C)[C@@H](C)CC)[C@@H](C)CC. The van der Waals surface area contributed by atoms with Crippen molar-refractivity contribution in [2.75, 3.05) is 20.3 Å². The number of cyclic esters (lactones) is 1. The third-order valence-electron chi connectivity index (χ3n) is 16.7. The van der Waals surface area contributed by atoms with Crippen LogP contribution in [0.4, 0.5) is 8.78 Å². The zero-order valence-corrected chi connectivity index (χ0v) is 52.4. The second kappa shape index (κ2) is 35.3. The van der Waals surface area contributed by atoms with Crippen LogP contribution in [-0.2, 0) is 68.7 Å². The number of ether oxygens (including phenoxy) is 1. The van der Waals surface area contributed by atoms with Crippen LogP contribution in [-0.4, -0.2) is 180 Å². The molecule has 1 aliphatic carbocycles. The number of nitrogens with zero attached hydrogens (tertiary/aromatic N) is 1. The minimum absolute atomic E-state index is 0.183. The summed E-state index contributed by atoms with van der Waals surface area (Å²) in [5, 5.41) is 57.8. The highest BCUT2D eigenvalue weighted by Gasteiger charge is 2.62. The van der Waals surface area contributed by atoms with Gasteiger partial charge in [-0.3, -0.25) is 52.7 Å². The van der Waals surface area contributed by atoms with Crippen molar-refractivity contribution >= 4 is 70.9 Å². The predicted molar refractivity (Wildman–Crippen MR) is 316 cm³/mol.